The number of rotatable bonds is 9. The third-order valence-electron chi connectivity index (χ3n) is 3.46. The van der Waals surface area contributed by atoms with E-state index in [0.717, 1.165) is 23.1 Å². The Hall–Kier alpha value is -1.94. The van der Waals surface area contributed by atoms with Crippen LogP contribution in [-0.4, -0.2) is 75.3 Å². The van der Waals surface area contributed by atoms with Gasteiger partial charge < -0.3 is 15.5 Å². The Kier molecular flexibility index (Phi) is 8.04. The standard InChI is InChI=1S/C14H18ClN5O7S3/c1-6(2)29-13-10(12(23)20(13)30(24,25)26)18-11(22)9(19-27-3)7-5-28-14(16-7)17-8(21)4-15/h5-6,10,13H,4H2,1-3H3,(H,18,22)(H,16,17,21)(H,24,25,26)/t10-,13-/m1/s1. The first kappa shape index (κ1) is 24.3. The highest BCUT2D eigenvalue weighted by atomic mass is 35.5. The molecule has 2 atom stereocenters. The molecule has 0 unspecified atom stereocenters. The first-order valence-electron chi connectivity index (χ1n) is 8.19. The maximum atomic E-state index is 12.7. The SMILES string of the molecule is CON=C(C(=O)N[C@@H]1C(=O)N(S(=O)(=O)O)[C@@H]1SC(C)C)c1csc(NC(=O)CCl)n1. The van der Waals surface area contributed by atoms with Crippen LogP contribution in [0.15, 0.2) is 10.5 Å². The summed E-state index contributed by atoms with van der Waals surface area (Å²) in [6.07, 6.45) is 0. The number of nitrogens with one attached hydrogen (secondary N) is 2. The van der Waals surface area contributed by atoms with Gasteiger partial charge in [0.25, 0.3) is 11.8 Å². The molecule has 1 aromatic rings. The molecule has 1 fully saturated rings. The number of thioether (sulfide) groups is 1. The summed E-state index contributed by atoms with van der Waals surface area (Å²) in [7, 11) is -3.58. The second kappa shape index (κ2) is 9.91. The molecule has 0 radical (unpaired) electrons. The van der Waals surface area contributed by atoms with Gasteiger partial charge in [-0.1, -0.05) is 19.0 Å². The fourth-order valence-electron chi connectivity index (χ4n) is 2.33. The summed E-state index contributed by atoms with van der Waals surface area (Å²) in [6, 6.07) is -1.22. The zero-order chi connectivity index (χ0) is 22.6. The van der Waals surface area contributed by atoms with Gasteiger partial charge in [0.2, 0.25) is 5.91 Å². The van der Waals surface area contributed by atoms with Crippen LogP contribution in [0.25, 0.3) is 0 Å². The third-order valence-corrected chi connectivity index (χ3v) is 6.80. The van der Waals surface area contributed by atoms with E-state index in [9.17, 15) is 27.4 Å². The number of hydrogen-bond acceptors (Lipinski definition) is 10. The van der Waals surface area contributed by atoms with Crippen LogP contribution in [0.1, 0.15) is 19.5 Å². The largest absolute Gasteiger partial charge is 0.398 e. The second-order valence-electron chi connectivity index (χ2n) is 5.98. The van der Waals surface area contributed by atoms with Crippen molar-refractivity contribution in [3.63, 3.8) is 0 Å². The molecule has 0 aliphatic carbocycles. The first-order valence-corrected chi connectivity index (χ1v) is 11.9. The van der Waals surface area contributed by atoms with Crippen LogP contribution < -0.4 is 10.6 Å². The van der Waals surface area contributed by atoms with Gasteiger partial charge in [0.15, 0.2) is 10.8 Å². The molecule has 0 saturated carbocycles. The summed E-state index contributed by atoms with van der Waals surface area (Å²) < 4.78 is 32.5. The quantitative estimate of drug-likeness (QED) is 0.142. The molecule has 1 aliphatic heterocycles. The molecule has 30 heavy (non-hydrogen) atoms. The lowest BCUT2D eigenvalue weighted by Gasteiger charge is -2.44. The molecule has 3 N–H and O–H groups in total. The lowest BCUT2D eigenvalue weighted by Crippen LogP contribution is -2.71. The molecular weight excluding hydrogens is 482 g/mol. The van der Waals surface area contributed by atoms with Crippen molar-refractivity contribution in [1.29, 1.82) is 0 Å². The first-order chi connectivity index (χ1) is 14.0. The van der Waals surface area contributed by atoms with Crippen molar-refractivity contribution in [2.24, 2.45) is 5.16 Å². The van der Waals surface area contributed by atoms with Crippen LogP contribution in [0.5, 0.6) is 0 Å². The zero-order valence-corrected chi connectivity index (χ0v) is 19.1. The number of nitrogens with zero attached hydrogens (tertiary/aromatic N) is 3. The summed E-state index contributed by atoms with van der Waals surface area (Å²) in [4.78, 5) is 45.0. The Labute approximate surface area is 185 Å². The van der Waals surface area contributed by atoms with Gasteiger partial charge in [0.1, 0.15) is 30.1 Å². The highest BCUT2D eigenvalue weighted by Crippen LogP contribution is 2.34. The molecule has 16 heteroatoms. The molecule has 1 aromatic heterocycles. The van der Waals surface area contributed by atoms with Crippen LogP contribution in [0.2, 0.25) is 0 Å². The summed E-state index contributed by atoms with van der Waals surface area (Å²) in [5.74, 6) is -2.63. The predicted octanol–water partition coefficient (Wildman–Crippen LogP) is 0.268. The molecule has 2 rings (SSSR count). The van der Waals surface area contributed by atoms with E-state index in [1.54, 1.807) is 13.8 Å². The van der Waals surface area contributed by atoms with Gasteiger partial charge in [-0.25, -0.2) is 4.98 Å². The van der Waals surface area contributed by atoms with Gasteiger partial charge in [-0.15, -0.1) is 34.7 Å². The Bertz CT molecular complexity index is 965. The van der Waals surface area contributed by atoms with E-state index >= 15 is 0 Å². The van der Waals surface area contributed by atoms with E-state index < -0.39 is 39.4 Å². The third kappa shape index (κ3) is 5.60. The van der Waals surface area contributed by atoms with Crippen molar-refractivity contribution in [2.75, 3.05) is 18.3 Å². The van der Waals surface area contributed by atoms with Crippen molar-refractivity contribution in [3.8, 4) is 0 Å². The highest BCUT2D eigenvalue weighted by molar-refractivity contribution is 8.01. The number of carbonyl (C=O) groups is 3. The molecule has 2 heterocycles. The van der Waals surface area contributed by atoms with Gasteiger partial charge in [-0.2, -0.15) is 12.7 Å². The van der Waals surface area contributed by atoms with E-state index in [0.29, 0.717) is 4.31 Å². The molecule has 0 spiro atoms. The number of β-lactam (4-membered cyclic amide) rings is 1. The molecule has 0 bridgehead atoms. The maximum absolute atomic E-state index is 12.7. The van der Waals surface area contributed by atoms with Crippen molar-refractivity contribution < 1.29 is 32.2 Å². The van der Waals surface area contributed by atoms with Gasteiger partial charge in [0, 0.05) is 10.6 Å². The fraction of sp³-hybridized carbons (Fsp3) is 0.500. The minimum absolute atomic E-state index is 0.0516. The maximum Gasteiger partial charge on any atom is 0.363 e. The van der Waals surface area contributed by atoms with Crippen molar-refractivity contribution >= 4 is 73.6 Å². The van der Waals surface area contributed by atoms with Gasteiger partial charge in [-0.3, -0.25) is 18.9 Å². The number of oxime groups is 1. The van der Waals surface area contributed by atoms with E-state index in [1.807, 2.05) is 0 Å². The molecule has 3 amide bonds. The Morgan fingerprint density at radius 1 is 1.50 bits per heavy atom. The van der Waals surface area contributed by atoms with Crippen LogP contribution >= 0.6 is 34.7 Å². The number of anilines is 1. The Morgan fingerprint density at radius 3 is 2.70 bits per heavy atom. The average molecular weight is 500 g/mol. The number of carbonyl (C=O) groups excluding carboxylic acids is 3. The summed E-state index contributed by atoms with van der Waals surface area (Å²) in [5, 5.41) is 8.87. The smallest absolute Gasteiger partial charge is 0.363 e. The van der Waals surface area contributed by atoms with Crippen LogP contribution in [0.4, 0.5) is 5.13 Å². The normalized spacial score (nSPS) is 19.5. The minimum Gasteiger partial charge on any atom is -0.398 e. The van der Waals surface area contributed by atoms with Gasteiger partial charge in [-0.05, 0) is 0 Å². The molecule has 0 aromatic carbocycles. The summed E-state index contributed by atoms with van der Waals surface area (Å²) in [5.41, 5.74) is -0.248. The highest BCUT2D eigenvalue weighted by Gasteiger charge is 2.54. The molecular formula is C14H18ClN5O7S3. The second-order valence-corrected chi connectivity index (χ2v) is 10.1. The Balaban J connectivity index is 2.21. The van der Waals surface area contributed by atoms with Crippen LogP contribution in [0.3, 0.4) is 0 Å². The molecule has 12 nitrogen and oxygen atoms in total. The summed E-state index contributed by atoms with van der Waals surface area (Å²) >= 11 is 7.49. The topological polar surface area (TPSA) is 167 Å². The number of aromatic nitrogens is 1. The van der Waals surface area contributed by atoms with Gasteiger partial charge in [0.05, 0.1) is 0 Å². The lowest BCUT2D eigenvalue weighted by molar-refractivity contribution is -0.141. The number of amides is 3. The lowest BCUT2D eigenvalue weighted by atomic mass is 10.1. The predicted molar refractivity (Wildman–Crippen MR) is 112 cm³/mol. The van der Waals surface area contributed by atoms with Crippen molar-refractivity contribution in [1.82, 2.24) is 14.6 Å². The Morgan fingerprint density at radius 2 is 2.17 bits per heavy atom. The fourth-order valence-corrected chi connectivity index (χ4v) is 5.42. The monoisotopic (exact) mass is 499 g/mol. The number of hydrogen-bond donors (Lipinski definition) is 3. The van der Waals surface area contributed by atoms with Crippen LogP contribution in [-0.2, 0) is 29.5 Å². The summed E-state index contributed by atoms with van der Waals surface area (Å²) in [6.45, 7) is 3.52. The van der Waals surface area contributed by atoms with E-state index in [-0.39, 0.29) is 27.7 Å². The molecule has 1 aliphatic rings. The van der Waals surface area contributed by atoms with E-state index in [1.165, 1.54) is 12.5 Å². The van der Waals surface area contributed by atoms with E-state index in [4.69, 9.17) is 11.6 Å². The van der Waals surface area contributed by atoms with Crippen LogP contribution in [0, 0.1) is 0 Å². The number of thiazole rings is 1. The van der Waals surface area contributed by atoms with Crippen molar-refractivity contribution in [3.05, 3.63) is 11.1 Å². The molecule has 166 valence electrons. The number of alkyl halides is 1. The number of halogens is 1. The average Bonchev–Trinajstić information content (AvgIpc) is 3.09. The van der Waals surface area contributed by atoms with Crippen molar-refractivity contribution in [2.45, 2.75) is 30.5 Å². The van der Waals surface area contributed by atoms with Gasteiger partial charge >= 0.3 is 10.3 Å². The molecule has 1 saturated heterocycles. The zero-order valence-electron chi connectivity index (χ0n) is 15.9. The van der Waals surface area contributed by atoms with E-state index in [2.05, 4.69) is 25.6 Å². The minimum atomic E-state index is -4.78.